The molecule has 2 aliphatic rings. The maximum absolute atomic E-state index is 13.3. The van der Waals surface area contributed by atoms with Crippen molar-refractivity contribution in [3.63, 3.8) is 0 Å². The van der Waals surface area contributed by atoms with Crippen LogP contribution in [-0.4, -0.2) is 59.9 Å². The Labute approximate surface area is 242 Å². The number of primary amides is 1. The van der Waals surface area contributed by atoms with Crippen LogP contribution in [-0.2, 0) is 11.2 Å². The van der Waals surface area contributed by atoms with Crippen molar-refractivity contribution in [2.75, 3.05) is 26.2 Å². The van der Waals surface area contributed by atoms with Gasteiger partial charge in [-0.15, -0.1) is 0 Å². The van der Waals surface area contributed by atoms with E-state index >= 15 is 0 Å². The van der Waals surface area contributed by atoms with Gasteiger partial charge in [0.15, 0.2) is 5.78 Å². The van der Waals surface area contributed by atoms with Gasteiger partial charge in [-0.2, -0.15) is 22.0 Å². The third-order valence-electron chi connectivity index (χ3n) is 8.76. The zero-order valence-electron chi connectivity index (χ0n) is 24.0. The minimum absolute atomic E-state index is 0.0278. The van der Waals surface area contributed by atoms with Gasteiger partial charge in [0.05, 0.1) is 25.0 Å². The van der Waals surface area contributed by atoms with Crippen molar-refractivity contribution < 1.29 is 36.3 Å². The van der Waals surface area contributed by atoms with Crippen LogP contribution in [0, 0.1) is 17.3 Å². The summed E-state index contributed by atoms with van der Waals surface area (Å²) in [6, 6.07) is 9.20. The Morgan fingerprint density at radius 2 is 1.81 bits per heavy atom. The maximum Gasteiger partial charge on any atom is 0.454 e. The average molecular weight is 596 g/mol. The molecule has 0 bridgehead atoms. The van der Waals surface area contributed by atoms with Gasteiger partial charge in [0.25, 0.3) is 0 Å². The Hall–Kier alpha value is -3.08. The summed E-state index contributed by atoms with van der Waals surface area (Å²) in [5.74, 6) is -4.72. The lowest BCUT2D eigenvalue weighted by Gasteiger charge is -2.35. The quantitative estimate of drug-likeness (QED) is 0.252. The Morgan fingerprint density at radius 3 is 2.40 bits per heavy atom. The van der Waals surface area contributed by atoms with Crippen molar-refractivity contribution in [1.82, 2.24) is 9.88 Å². The second kappa shape index (κ2) is 12.7. The number of alkyl halides is 5. The van der Waals surface area contributed by atoms with Crippen LogP contribution < -0.4 is 10.5 Å². The summed E-state index contributed by atoms with van der Waals surface area (Å²) in [7, 11) is 0. The third kappa shape index (κ3) is 7.27. The van der Waals surface area contributed by atoms with Gasteiger partial charge in [-0.05, 0) is 81.3 Å². The molecule has 0 radical (unpaired) electrons. The fraction of sp³-hybridized carbons (Fsp3) is 0.581. The maximum atomic E-state index is 13.3. The van der Waals surface area contributed by atoms with Gasteiger partial charge < -0.3 is 10.5 Å². The van der Waals surface area contributed by atoms with E-state index in [-0.39, 0.29) is 36.6 Å². The van der Waals surface area contributed by atoms with Crippen LogP contribution in [0.2, 0.25) is 0 Å². The minimum atomic E-state index is -5.55. The highest BCUT2D eigenvalue weighted by molar-refractivity contribution is 5.99. The lowest BCUT2D eigenvalue weighted by atomic mass is 9.68. The number of Topliss-reactive ketones (excluding diaryl/α,β-unsaturated/α-hetero) is 1. The number of halogens is 5. The zero-order valence-corrected chi connectivity index (χ0v) is 24.0. The molecule has 1 saturated carbocycles. The molecular formula is C31H38F5N3O3. The number of benzene rings is 1. The Balaban J connectivity index is 1.33. The van der Waals surface area contributed by atoms with Crippen LogP contribution in [0.25, 0.3) is 11.3 Å². The molecule has 1 saturated heterocycles. The van der Waals surface area contributed by atoms with Crippen LogP contribution in [0.1, 0.15) is 68.3 Å². The van der Waals surface area contributed by atoms with E-state index in [1.54, 1.807) is 18.3 Å². The molecule has 230 valence electrons. The highest BCUT2D eigenvalue weighted by Gasteiger charge is 2.58. The van der Waals surface area contributed by atoms with Gasteiger partial charge in [0, 0.05) is 22.5 Å². The molecular weight excluding hydrogens is 557 g/mol. The van der Waals surface area contributed by atoms with E-state index in [1.165, 1.54) is 0 Å². The summed E-state index contributed by atoms with van der Waals surface area (Å²) < 4.78 is 70.0. The highest BCUT2D eigenvalue weighted by Crippen LogP contribution is 2.41. The van der Waals surface area contributed by atoms with Gasteiger partial charge in [-0.25, -0.2) is 0 Å². The molecule has 2 N–H and O–H groups in total. The molecule has 0 spiro atoms. The number of ketones is 1. The number of hydrogen-bond acceptors (Lipinski definition) is 5. The topological polar surface area (TPSA) is 85.5 Å². The number of aryl methyl sites for hydroxylation is 1. The summed E-state index contributed by atoms with van der Waals surface area (Å²) in [6.07, 6.45) is 0.346. The SMILES string of the molecule is CCc1cc(C(=O)C2CCCC(C)(C(N)=O)C2)ccc1-c1ccc(OCC2CCN(CC(F)(F)C(F)(F)F)CC2)cn1. The summed E-state index contributed by atoms with van der Waals surface area (Å²) >= 11 is 0. The lowest BCUT2D eigenvalue weighted by molar-refractivity contribution is -0.287. The smallest absolute Gasteiger partial charge is 0.454 e. The third-order valence-corrected chi connectivity index (χ3v) is 8.76. The molecule has 2 unspecified atom stereocenters. The molecule has 6 nitrogen and oxygen atoms in total. The fourth-order valence-corrected chi connectivity index (χ4v) is 5.98. The first-order valence-corrected chi connectivity index (χ1v) is 14.5. The molecule has 1 aromatic heterocycles. The number of aromatic nitrogens is 1. The number of piperidine rings is 1. The van der Waals surface area contributed by atoms with Gasteiger partial charge in [-0.3, -0.25) is 19.5 Å². The highest BCUT2D eigenvalue weighted by atomic mass is 19.4. The van der Waals surface area contributed by atoms with Crippen molar-refractivity contribution in [3.8, 4) is 17.0 Å². The van der Waals surface area contributed by atoms with E-state index in [1.807, 2.05) is 32.0 Å². The van der Waals surface area contributed by atoms with Crippen LogP contribution in [0.5, 0.6) is 5.75 Å². The van der Waals surface area contributed by atoms with Crippen LogP contribution in [0.3, 0.4) is 0 Å². The second-order valence-electron chi connectivity index (χ2n) is 11.9. The zero-order chi connectivity index (χ0) is 30.7. The molecule has 1 aromatic carbocycles. The van der Waals surface area contributed by atoms with Crippen molar-refractivity contribution in [2.45, 2.75) is 70.9 Å². The number of nitrogens with two attached hydrogens (primary N) is 1. The molecule has 4 rings (SSSR count). The van der Waals surface area contributed by atoms with Crippen LogP contribution >= 0.6 is 0 Å². The first-order chi connectivity index (χ1) is 19.7. The number of pyridine rings is 1. The molecule has 1 aliphatic carbocycles. The number of amides is 1. The van der Waals surface area contributed by atoms with E-state index in [0.29, 0.717) is 50.0 Å². The number of ether oxygens (including phenoxy) is 1. The number of rotatable bonds is 10. The molecule has 2 fully saturated rings. The summed E-state index contributed by atoms with van der Waals surface area (Å²) in [5.41, 5.74) is 8.15. The van der Waals surface area contributed by atoms with Crippen molar-refractivity contribution >= 4 is 11.7 Å². The number of carbonyl (C=O) groups excluding carboxylic acids is 2. The van der Waals surface area contributed by atoms with Crippen LogP contribution in [0.15, 0.2) is 36.5 Å². The van der Waals surface area contributed by atoms with E-state index in [9.17, 15) is 31.5 Å². The molecule has 2 heterocycles. The first-order valence-electron chi connectivity index (χ1n) is 14.5. The number of hydrogen-bond donors (Lipinski definition) is 1. The first kappa shape index (κ1) is 31.8. The van der Waals surface area contributed by atoms with E-state index in [0.717, 1.165) is 34.6 Å². The molecule has 2 atom stereocenters. The molecule has 2 aromatic rings. The predicted octanol–water partition coefficient (Wildman–Crippen LogP) is 6.46. The van der Waals surface area contributed by atoms with Crippen molar-refractivity contribution in [1.29, 1.82) is 0 Å². The second-order valence-corrected chi connectivity index (χ2v) is 11.9. The van der Waals surface area contributed by atoms with Gasteiger partial charge in [0.1, 0.15) is 5.75 Å². The van der Waals surface area contributed by atoms with Crippen LogP contribution in [0.4, 0.5) is 22.0 Å². The lowest BCUT2D eigenvalue weighted by Crippen LogP contribution is -2.49. The number of carbonyl (C=O) groups is 2. The number of likely N-dealkylation sites (tertiary alicyclic amines) is 1. The van der Waals surface area contributed by atoms with Gasteiger partial charge >= 0.3 is 12.1 Å². The largest absolute Gasteiger partial charge is 0.492 e. The van der Waals surface area contributed by atoms with E-state index in [4.69, 9.17) is 10.5 Å². The summed E-state index contributed by atoms with van der Waals surface area (Å²) in [5, 5.41) is 0. The molecule has 1 aliphatic heterocycles. The van der Waals surface area contributed by atoms with Gasteiger partial charge in [0.2, 0.25) is 5.91 Å². The Bertz CT molecular complexity index is 1260. The molecule has 1 amide bonds. The minimum Gasteiger partial charge on any atom is -0.492 e. The van der Waals surface area contributed by atoms with Crippen molar-refractivity contribution in [3.05, 3.63) is 47.7 Å². The predicted molar refractivity (Wildman–Crippen MR) is 148 cm³/mol. The van der Waals surface area contributed by atoms with Gasteiger partial charge in [-0.1, -0.05) is 32.4 Å². The van der Waals surface area contributed by atoms with E-state index in [2.05, 4.69) is 4.98 Å². The fourth-order valence-electron chi connectivity index (χ4n) is 5.98. The van der Waals surface area contributed by atoms with E-state index < -0.39 is 24.1 Å². The van der Waals surface area contributed by atoms with Crippen molar-refractivity contribution in [2.24, 2.45) is 23.0 Å². The summed E-state index contributed by atoms with van der Waals surface area (Å²) in [6.45, 7) is 3.15. The standard InChI is InChI=1S/C31H38F5N3O3/c1-3-21-15-22(27(40)23-5-4-12-29(2,16-23)28(37)41)6-8-25(21)26-9-7-24(17-38-26)42-18-20-10-13-39(14-11-20)19-30(32,33)31(34,35)36/h6-9,15,17,20,23H,3-5,10-14,16,18-19H2,1-2H3,(H2,37,41). The molecule has 42 heavy (non-hydrogen) atoms. The molecule has 11 heteroatoms. The Morgan fingerprint density at radius 1 is 1.10 bits per heavy atom. The Kier molecular flexibility index (Phi) is 9.59. The number of nitrogens with zero attached hydrogens (tertiary/aromatic N) is 2. The normalized spacial score (nSPS) is 22.6. The average Bonchev–Trinajstić information content (AvgIpc) is 2.95. The monoisotopic (exact) mass is 595 g/mol. The summed E-state index contributed by atoms with van der Waals surface area (Å²) in [4.78, 5) is 31.0.